The number of carbonyl (C=O) groups excluding carboxylic acids is 2. The maximum atomic E-state index is 13.9. The third kappa shape index (κ3) is 4.07. The molecule has 0 N–H and O–H groups in total. The molecule has 0 unspecified atom stereocenters. The highest BCUT2D eigenvalue weighted by molar-refractivity contribution is 6.46. The molecule has 4 rings (SSSR count). The maximum absolute atomic E-state index is 13.9. The van der Waals surface area contributed by atoms with Crippen molar-refractivity contribution in [1.29, 1.82) is 0 Å². The van der Waals surface area contributed by atoms with Crippen molar-refractivity contribution < 1.29 is 19.1 Å². The van der Waals surface area contributed by atoms with E-state index < -0.39 is 5.91 Å². The second-order valence-corrected chi connectivity index (χ2v) is 7.38. The Hall–Kier alpha value is -4.06. The first-order chi connectivity index (χ1) is 16.1. The molecule has 33 heavy (non-hydrogen) atoms. The van der Waals surface area contributed by atoms with Gasteiger partial charge in [-0.05, 0) is 44.2 Å². The van der Waals surface area contributed by atoms with Gasteiger partial charge in [0.2, 0.25) is 0 Å². The van der Waals surface area contributed by atoms with Crippen LogP contribution in [0, 0.1) is 0 Å². The van der Waals surface area contributed by atoms with Crippen molar-refractivity contribution in [3.05, 3.63) is 90.1 Å². The number of hydrogen-bond donors (Lipinski definition) is 0. The molecule has 168 valence electrons. The zero-order chi connectivity index (χ0) is 23.4. The largest absolute Gasteiger partial charge is 0.496 e. The molecule has 2 amide bonds. The van der Waals surface area contributed by atoms with Crippen LogP contribution in [0.25, 0.3) is 5.57 Å². The lowest BCUT2D eigenvalue weighted by atomic mass is 10.0. The number of ether oxygens (including phenoxy) is 2. The molecule has 1 aliphatic heterocycles. The van der Waals surface area contributed by atoms with Crippen molar-refractivity contribution in [2.75, 3.05) is 30.1 Å². The van der Waals surface area contributed by atoms with Gasteiger partial charge >= 0.3 is 0 Å². The van der Waals surface area contributed by atoms with E-state index in [1.54, 1.807) is 43.5 Å². The van der Waals surface area contributed by atoms with Crippen LogP contribution in [-0.4, -0.2) is 32.1 Å². The first-order valence-corrected chi connectivity index (χ1v) is 10.9. The summed E-state index contributed by atoms with van der Waals surface area (Å²) in [5.41, 5.74) is 2.49. The van der Waals surface area contributed by atoms with Gasteiger partial charge in [-0.25, -0.2) is 4.90 Å². The zero-order valence-corrected chi connectivity index (χ0v) is 18.9. The molecule has 0 atom stereocenters. The molecule has 0 spiro atoms. The predicted octanol–water partition coefficient (Wildman–Crippen LogP) is 4.90. The smallest absolute Gasteiger partial charge is 0.282 e. The Morgan fingerprint density at radius 3 is 2.27 bits per heavy atom. The first kappa shape index (κ1) is 22.1. The van der Waals surface area contributed by atoms with E-state index >= 15 is 0 Å². The second-order valence-electron chi connectivity index (χ2n) is 7.38. The molecule has 0 saturated carbocycles. The van der Waals surface area contributed by atoms with Crippen molar-refractivity contribution in [3.8, 4) is 11.5 Å². The van der Waals surface area contributed by atoms with E-state index in [9.17, 15) is 9.59 Å². The van der Waals surface area contributed by atoms with Crippen LogP contribution >= 0.6 is 0 Å². The number of para-hydroxylation sites is 2. The summed E-state index contributed by atoms with van der Waals surface area (Å²) >= 11 is 0. The number of anilines is 2. The van der Waals surface area contributed by atoms with E-state index in [1.165, 1.54) is 4.90 Å². The van der Waals surface area contributed by atoms with Gasteiger partial charge in [0.15, 0.2) is 0 Å². The standard InChI is InChI=1S/C27H26N2O4/c1-4-28(19-12-7-6-8-13-19)25-24(22-16-9-10-17-23(22)32-3)26(30)29(27(25)31)20-14-11-15-21(18-20)33-5-2/h6-18H,4-5H2,1-3H3. The number of imide groups is 1. The van der Waals surface area contributed by atoms with Crippen molar-refractivity contribution in [2.45, 2.75) is 13.8 Å². The Kier molecular flexibility index (Phi) is 6.45. The van der Waals surface area contributed by atoms with Gasteiger partial charge < -0.3 is 14.4 Å². The molecule has 0 radical (unpaired) electrons. The first-order valence-electron chi connectivity index (χ1n) is 10.9. The summed E-state index contributed by atoms with van der Waals surface area (Å²) in [5, 5.41) is 0. The summed E-state index contributed by atoms with van der Waals surface area (Å²) in [4.78, 5) is 30.8. The molecular formula is C27H26N2O4. The number of carbonyl (C=O) groups is 2. The quantitative estimate of drug-likeness (QED) is 0.464. The van der Waals surface area contributed by atoms with Crippen LogP contribution in [-0.2, 0) is 9.59 Å². The number of nitrogens with zero attached hydrogens (tertiary/aromatic N) is 2. The number of rotatable bonds is 8. The topological polar surface area (TPSA) is 59.1 Å². The molecule has 6 nitrogen and oxygen atoms in total. The lowest BCUT2D eigenvalue weighted by Crippen LogP contribution is -2.35. The molecule has 0 bridgehead atoms. The van der Waals surface area contributed by atoms with Crippen LogP contribution in [0.5, 0.6) is 11.5 Å². The van der Waals surface area contributed by atoms with Crippen molar-refractivity contribution in [2.24, 2.45) is 0 Å². The van der Waals surface area contributed by atoms with Gasteiger partial charge in [-0.1, -0.05) is 42.5 Å². The molecule has 0 aliphatic carbocycles. The molecule has 3 aromatic rings. The summed E-state index contributed by atoms with van der Waals surface area (Å²) in [6, 6.07) is 23.9. The average molecular weight is 443 g/mol. The summed E-state index contributed by atoms with van der Waals surface area (Å²) < 4.78 is 11.1. The van der Waals surface area contributed by atoms with Gasteiger partial charge in [0.1, 0.15) is 17.2 Å². The lowest BCUT2D eigenvalue weighted by Gasteiger charge is -2.25. The SMILES string of the molecule is CCOc1cccc(N2C(=O)C(c3ccccc3OC)=C(N(CC)c3ccccc3)C2=O)c1. The lowest BCUT2D eigenvalue weighted by molar-refractivity contribution is -0.120. The number of methoxy groups -OCH3 is 1. The zero-order valence-electron chi connectivity index (χ0n) is 18.9. The van der Waals surface area contributed by atoms with Gasteiger partial charge in [-0.2, -0.15) is 0 Å². The van der Waals surface area contributed by atoms with Crippen LogP contribution in [0.15, 0.2) is 84.6 Å². The highest BCUT2D eigenvalue weighted by atomic mass is 16.5. The van der Waals surface area contributed by atoms with Crippen LogP contribution < -0.4 is 19.3 Å². The normalized spacial score (nSPS) is 13.5. The molecule has 6 heteroatoms. The summed E-state index contributed by atoms with van der Waals surface area (Å²) in [6.45, 7) is 4.83. The Balaban J connectivity index is 1.91. The maximum Gasteiger partial charge on any atom is 0.282 e. The van der Waals surface area contributed by atoms with Gasteiger partial charge in [-0.15, -0.1) is 0 Å². The number of benzene rings is 3. The molecule has 1 aliphatic rings. The minimum atomic E-state index is -0.400. The minimum Gasteiger partial charge on any atom is -0.496 e. The van der Waals surface area contributed by atoms with E-state index in [0.717, 1.165) is 5.69 Å². The Morgan fingerprint density at radius 2 is 1.58 bits per heavy atom. The summed E-state index contributed by atoms with van der Waals surface area (Å²) in [7, 11) is 1.55. The van der Waals surface area contributed by atoms with E-state index in [4.69, 9.17) is 9.47 Å². The highest BCUT2D eigenvalue weighted by Gasteiger charge is 2.43. The molecule has 0 aromatic heterocycles. The van der Waals surface area contributed by atoms with Crippen LogP contribution in [0.2, 0.25) is 0 Å². The monoisotopic (exact) mass is 442 g/mol. The molecular weight excluding hydrogens is 416 g/mol. The number of amides is 2. The fourth-order valence-electron chi connectivity index (χ4n) is 4.05. The molecule has 0 saturated heterocycles. The Labute approximate surface area is 193 Å². The fraction of sp³-hybridized carbons (Fsp3) is 0.185. The third-order valence-electron chi connectivity index (χ3n) is 5.48. The van der Waals surface area contributed by atoms with E-state index in [0.29, 0.717) is 47.2 Å². The molecule has 3 aromatic carbocycles. The van der Waals surface area contributed by atoms with Gasteiger partial charge in [-0.3, -0.25) is 9.59 Å². The molecule has 0 fully saturated rings. The van der Waals surface area contributed by atoms with Gasteiger partial charge in [0.05, 0.1) is 25.0 Å². The number of hydrogen-bond acceptors (Lipinski definition) is 5. The highest BCUT2D eigenvalue weighted by Crippen LogP contribution is 2.40. The second kappa shape index (κ2) is 9.61. The number of likely N-dealkylation sites (N-methyl/N-ethyl adjacent to an activating group) is 1. The van der Waals surface area contributed by atoms with Crippen molar-refractivity contribution in [3.63, 3.8) is 0 Å². The molecule has 1 heterocycles. The average Bonchev–Trinajstić information content (AvgIpc) is 3.10. The van der Waals surface area contributed by atoms with Crippen LogP contribution in [0.4, 0.5) is 11.4 Å². The van der Waals surface area contributed by atoms with Gasteiger partial charge in [0.25, 0.3) is 11.8 Å². The third-order valence-corrected chi connectivity index (χ3v) is 5.48. The summed E-state index contributed by atoms with van der Waals surface area (Å²) in [5.74, 6) is 0.335. The van der Waals surface area contributed by atoms with Crippen LogP contribution in [0.3, 0.4) is 0 Å². The predicted molar refractivity (Wildman–Crippen MR) is 129 cm³/mol. The van der Waals surface area contributed by atoms with E-state index in [2.05, 4.69) is 0 Å². The minimum absolute atomic E-state index is 0.310. The Morgan fingerprint density at radius 1 is 0.848 bits per heavy atom. The van der Waals surface area contributed by atoms with E-state index in [1.807, 2.05) is 61.2 Å². The van der Waals surface area contributed by atoms with Gasteiger partial charge in [0, 0.05) is 23.9 Å². The fourth-order valence-corrected chi connectivity index (χ4v) is 4.05. The summed E-state index contributed by atoms with van der Waals surface area (Å²) in [6.07, 6.45) is 0. The van der Waals surface area contributed by atoms with Crippen molar-refractivity contribution in [1.82, 2.24) is 0 Å². The van der Waals surface area contributed by atoms with Crippen LogP contribution in [0.1, 0.15) is 19.4 Å². The van der Waals surface area contributed by atoms with E-state index in [-0.39, 0.29) is 5.91 Å². The Bertz CT molecular complexity index is 1200. The van der Waals surface area contributed by atoms with Crippen molar-refractivity contribution >= 4 is 28.8 Å².